The zero-order valence-corrected chi connectivity index (χ0v) is 19.6. The molecule has 3 rings (SSSR count). The Morgan fingerprint density at radius 3 is 2.23 bits per heavy atom. The van der Waals surface area contributed by atoms with Crippen LogP contribution in [0.3, 0.4) is 0 Å². The first kappa shape index (κ1) is 24.7. The van der Waals surface area contributed by atoms with Crippen molar-refractivity contribution >= 4 is 29.9 Å². The summed E-state index contributed by atoms with van der Waals surface area (Å²) in [6, 6.07) is 13.3. The van der Waals surface area contributed by atoms with E-state index in [0.717, 1.165) is 35.6 Å². The van der Waals surface area contributed by atoms with Gasteiger partial charge in [-0.2, -0.15) is 13.2 Å². The molecule has 0 spiro atoms. The maximum atomic E-state index is 12.7. The number of rotatable bonds is 6. The van der Waals surface area contributed by atoms with Gasteiger partial charge in [0.2, 0.25) is 0 Å². The fourth-order valence-corrected chi connectivity index (χ4v) is 3.01. The fourth-order valence-electron chi connectivity index (χ4n) is 3.01. The fraction of sp³-hybridized carbons (Fsp3) is 0.273. The molecule has 3 aromatic rings. The van der Waals surface area contributed by atoms with Crippen molar-refractivity contribution in [3.63, 3.8) is 0 Å². The highest BCUT2D eigenvalue weighted by Gasteiger charge is 2.29. The molecule has 0 atom stereocenters. The van der Waals surface area contributed by atoms with E-state index in [0.29, 0.717) is 19.0 Å². The Morgan fingerprint density at radius 2 is 1.65 bits per heavy atom. The van der Waals surface area contributed by atoms with Crippen LogP contribution in [0.5, 0.6) is 0 Å². The van der Waals surface area contributed by atoms with Crippen LogP contribution in [-0.4, -0.2) is 22.6 Å². The van der Waals surface area contributed by atoms with Gasteiger partial charge < -0.3 is 15.2 Å². The van der Waals surface area contributed by atoms with Crippen molar-refractivity contribution in [2.24, 2.45) is 4.99 Å². The SMILES string of the molecule is CN=C(NCc1ccc(C(F)(F)F)cc1)NCc1cccc(Cn2ccnc2C)c1.I. The number of benzene rings is 2. The lowest BCUT2D eigenvalue weighted by Gasteiger charge is -2.13. The topological polar surface area (TPSA) is 54.2 Å². The van der Waals surface area contributed by atoms with E-state index < -0.39 is 11.7 Å². The highest BCUT2D eigenvalue weighted by Crippen LogP contribution is 2.29. The van der Waals surface area contributed by atoms with E-state index in [9.17, 15) is 13.2 Å². The Morgan fingerprint density at radius 1 is 1.00 bits per heavy atom. The Bertz CT molecular complexity index is 997. The van der Waals surface area contributed by atoms with E-state index in [1.165, 1.54) is 17.7 Å². The number of nitrogens with one attached hydrogen (secondary N) is 2. The zero-order chi connectivity index (χ0) is 21.6. The van der Waals surface area contributed by atoms with Gasteiger partial charge >= 0.3 is 6.18 Å². The van der Waals surface area contributed by atoms with Crippen molar-refractivity contribution < 1.29 is 13.2 Å². The number of imidazole rings is 1. The van der Waals surface area contributed by atoms with Gasteiger partial charge in [-0.15, -0.1) is 24.0 Å². The Balaban J connectivity index is 0.00000341. The average Bonchev–Trinajstić information content (AvgIpc) is 3.12. The number of aliphatic imine (C=N–C) groups is 1. The second-order valence-corrected chi connectivity index (χ2v) is 6.90. The van der Waals surface area contributed by atoms with Gasteiger partial charge in [-0.25, -0.2) is 4.98 Å². The van der Waals surface area contributed by atoms with Gasteiger partial charge in [0.1, 0.15) is 5.82 Å². The molecule has 0 aliphatic rings. The summed E-state index contributed by atoms with van der Waals surface area (Å²) in [5, 5.41) is 6.35. The van der Waals surface area contributed by atoms with Gasteiger partial charge in [-0.3, -0.25) is 4.99 Å². The van der Waals surface area contributed by atoms with E-state index in [-0.39, 0.29) is 24.0 Å². The van der Waals surface area contributed by atoms with Crippen molar-refractivity contribution in [3.05, 3.63) is 89.0 Å². The third kappa shape index (κ3) is 7.27. The number of nitrogens with zero attached hydrogens (tertiary/aromatic N) is 3. The van der Waals surface area contributed by atoms with Crippen molar-refractivity contribution in [1.29, 1.82) is 0 Å². The molecule has 9 heteroatoms. The molecule has 5 nitrogen and oxygen atoms in total. The lowest BCUT2D eigenvalue weighted by molar-refractivity contribution is -0.137. The highest BCUT2D eigenvalue weighted by atomic mass is 127. The van der Waals surface area contributed by atoms with E-state index in [1.807, 2.05) is 25.3 Å². The van der Waals surface area contributed by atoms with E-state index >= 15 is 0 Å². The van der Waals surface area contributed by atoms with E-state index in [2.05, 4.69) is 37.3 Å². The first-order chi connectivity index (χ1) is 14.3. The van der Waals surface area contributed by atoms with Crippen LogP contribution in [0.4, 0.5) is 13.2 Å². The third-order valence-electron chi connectivity index (χ3n) is 4.69. The maximum Gasteiger partial charge on any atom is 0.416 e. The molecule has 166 valence electrons. The smallest absolute Gasteiger partial charge is 0.352 e. The second kappa shape index (κ2) is 11.2. The molecule has 0 bridgehead atoms. The summed E-state index contributed by atoms with van der Waals surface area (Å²) >= 11 is 0. The number of alkyl halides is 3. The van der Waals surface area contributed by atoms with Gasteiger partial charge in [0, 0.05) is 39.1 Å². The van der Waals surface area contributed by atoms with Crippen LogP contribution in [0.25, 0.3) is 0 Å². The molecule has 1 heterocycles. The Kier molecular flexibility index (Phi) is 8.90. The standard InChI is InChI=1S/C22H24F3N5.HI/c1-16-27-10-11-30(16)15-19-5-3-4-18(12-19)14-29-21(26-2)28-13-17-6-8-20(9-7-17)22(23,24)25;/h3-12H,13-15H2,1-2H3,(H2,26,28,29);1H. The van der Waals surface area contributed by atoms with Crippen LogP contribution >= 0.6 is 24.0 Å². The molecule has 2 aromatic carbocycles. The molecule has 0 unspecified atom stereocenters. The summed E-state index contributed by atoms with van der Waals surface area (Å²) in [7, 11) is 1.65. The molecule has 1 aromatic heterocycles. The summed E-state index contributed by atoms with van der Waals surface area (Å²) in [5.74, 6) is 1.54. The van der Waals surface area contributed by atoms with Crippen LogP contribution in [0.2, 0.25) is 0 Å². The van der Waals surface area contributed by atoms with Crippen LogP contribution in [0.15, 0.2) is 65.9 Å². The van der Waals surface area contributed by atoms with Crippen LogP contribution in [0.1, 0.15) is 28.1 Å². The molecule has 31 heavy (non-hydrogen) atoms. The number of hydrogen-bond donors (Lipinski definition) is 2. The number of aromatic nitrogens is 2. The summed E-state index contributed by atoms with van der Waals surface area (Å²) in [6.07, 6.45) is -0.588. The molecule has 0 amide bonds. The second-order valence-electron chi connectivity index (χ2n) is 6.90. The summed E-state index contributed by atoms with van der Waals surface area (Å²) < 4.78 is 40.0. The third-order valence-corrected chi connectivity index (χ3v) is 4.69. The summed E-state index contributed by atoms with van der Waals surface area (Å²) in [4.78, 5) is 8.41. The zero-order valence-electron chi connectivity index (χ0n) is 17.3. The first-order valence-electron chi connectivity index (χ1n) is 9.51. The van der Waals surface area contributed by atoms with E-state index in [1.54, 1.807) is 13.2 Å². The van der Waals surface area contributed by atoms with Gasteiger partial charge in [0.15, 0.2) is 5.96 Å². The van der Waals surface area contributed by atoms with Crippen LogP contribution in [0, 0.1) is 6.92 Å². The predicted octanol–water partition coefficient (Wildman–Crippen LogP) is 4.74. The van der Waals surface area contributed by atoms with Gasteiger partial charge in [-0.05, 0) is 35.7 Å². The van der Waals surface area contributed by atoms with Crippen molar-refractivity contribution in [2.45, 2.75) is 32.7 Å². The van der Waals surface area contributed by atoms with Crippen LogP contribution in [-0.2, 0) is 25.8 Å². The predicted molar refractivity (Wildman–Crippen MR) is 126 cm³/mol. The minimum Gasteiger partial charge on any atom is -0.352 e. The first-order valence-corrected chi connectivity index (χ1v) is 9.51. The van der Waals surface area contributed by atoms with Gasteiger partial charge in [-0.1, -0.05) is 36.4 Å². The normalized spacial score (nSPS) is 11.7. The van der Waals surface area contributed by atoms with Crippen molar-refractivity contribution in [1.82, 2.24) is 20.2 Å². The lowest BCUT2D eigenvalue weighted by Crippen LogP contribution is -2.36. The molecule has 0 fully saturated rings. The summed E-state index contributed by atoms with van der Waals surface area (Å²) in [6.45, 7) is 3.67. The van der Waals surface area contributed by atoms with E-state index in [4.69, 9.17) is 0 Å². The largest absolute Gasteiger partial charge is 0.416 e. The molecule has 0 aliphatic heterocycles. The average molecular weight is 543 g/mol. The lowest BCUT2D eigenvalue weighted by atomic mass is 10.1. The number of hydrogen-bond acceptors (Lipinski definition) is 2. The minimum atomic E-state index is -4.32. The van der Waals surface area contributed by atoms with Crippen molar-refractivity contribution in [3.8, 4) is 0 Å². The number of guanidine groups is 1. The van der Waals surface area contributed by atoms with Gasteiger partial charge in [0.25, 0.3) is 0 Å². The maximum absolute atomic E-state index is 12.7. The molecule has 0 aliphatic carbocycles. The molecule has 0 saturated carbocycles. The Hall–Kier alpha value is -2.56. The molecule has 2 N–H and O–H groups in total. The summed E-state index contributed by atoms with van der Waals surface area (Å²) in [5.41, 5.74) is 2.36. The number of aryl methyl sites for hydroxylation is 1. The molecule has 0 radical (unpaired) electrons. The minimum absolute atomic E-state index is 0. The Labute approximate surface area is 196 Å². The molecular weight excluding hydrogens is 518 g/mol. The monoisotopic (exact) mass is 543 g/mol. The molecular formula is C22H25F3IN5. The van der Waals surface area contributed by atoms with Crippen LogP contribution < -0.4 is 10.6 Å². The molecule has 0 saturated heterocycles. The van der Waals surface area contributed by atoms with Crippen molar-refractivity contribution in [2.75, 3.05) is 7.05 Å². The highest BCUT2D eigenvalue weighted by molar-refractivity contribution is 14.0. The van der Waals surface area contributed by atoms with Gasteiger partial charge in [0.05, 0.1) is 5.56 Å². The quantitative estimate of drug-likeness (QED) is 0.269. The number of halogens is 4.